The predicted octanol–water partition coefficient (Wildman–Crippen LogP) is 0.597. The third kappa shape index (κ3) is 2.62. The molecule has 1 fully saturated rings. The van der Waals surface area contributed by atoms with E-state index >= 15 is 0 Å². The first kappa shape index (κ1) is 12.7. The van der Waals surface area contributed by atoms with Crippen molar-refractivity contribution in [3.05, 3.63) is 0 Å². The van der Waals surface area contributed by atoms with Crippen LogP contribution in [0.4, 0.5) is 0 Å². The van der Waals surface area contributed by atoms with Gasteiger partial charge in [0.2, 0.25) is 0 Å². The SMILES string of the molecule is [B]C1CC(=O)N(OC(=O)C(C)CCC)C1=O. The lowest BCUT2D eigenvalue weighted by Gasteiger charge is -2.16. The molecule has 0 N–H and O–H groups in total. The molecule has 1 aliphatic heterocycles. The van der Waals surface area contributed by atoms with Crippen molar-refractivity contribution in [3.8, 4) is 0 Å². The van der Waals surface area contributed by atoms with E-state index in [0.29, 0.717) is 11.5 Å². The summed E-state index contributed by atoms with van der Waals surface area (Å²) in [6.07, 6.45) is 1.38. The summed E-state index contributed by atoms with van der Waals surface area (Å²) in [6.45, 7) is 3.63. The molecule has 2 atom stereocenters. The highest BCUT2D eigenvalue weighted by Crippen LogP contribution is 2.22. The second-order valence-corrected chi connectivity index (χ2v) is 3.94. The zero-order valence-corrected chi connectivity index (χ0v) is 9.43. The predicted molar refractivity (Wildman–Crippen MR) is 56.1 cm³/mol. The third-order valence-electron chi connectivity index (χ3n) is 2.44. The van der Waals surface area contributed by atoms with Gasteiger partial charge in [-0.1, -0.05) is 20.3 Å². The minimum Gasteiger partial charge on any atom is -0.330 e. The van der Waals surface area contributed by atoms with Gasteiger partial charge in [-0.05, 0) is 6.42 Å². The lowest BCUT2D eigenvalue weighted by molar-refractivity contribution is -0.200. The van der Waals surface area contributed by atoms with Gasteiger partial charge in [0.15, 0.2) is 0 Å². The van der Waals surface area contributed by atoms with Gasteiger partial charge in [0.1, 0.15) is 0 Å². The van der Waals surface area contributed by atoms with Gasteiger partial charge in [-0.2, -0.15) is 0 Å². The van der Waals surface area contributed by atoms with Crippen LogP contribution < -0.4 is 0 Å². The molecule has 0 aromatic carbocycles. The van der Waals surface area contributed by atoms with Crippen molar-refractivity contribution in [2.75, 3.05) is 0 Å². The van der Waals surface area contributed by atoms with Crippen LogP contribution >= 0.6 is 0 Å². The van der Waals surface area contributed by atoms with Crippen LogP contribution in [0.5, 0.6) is 0 Å². The molecule has 0 saturated carbocycles. The summed E-state index contributed by atoms with van der Waals surface area (Å²) in [5, 5.41) is 0.485. The average molecular weight is 223 g/mol. The fraction of sp³-hybridized carbons (Fsp3) is 0.700. The Morgan fingerprint density at radius 2 is 2.25 bits per heavy atom. The molecular formula is C10H14BNO4. The number of carbonyl (C=O) groups excluding carboxylic acids is 3. The zero-order valence-electron chi connectivity index (χ0n) is 9.43. The van der Waals surface area contributed by atoms with Crippen LogP contribution in [0.2, 0.25) is 5.82 Å². The molecule has 5 nitrogen and oxygen atoms in total. The van der Waals surface area contributed by atoms with E-state index in [1.54, 1.807) is 6.92 Å². The Balaban J connectivity index is 2.57. The highest BCUT2D eigenvalue weighted by atomic mass is 16.7. The van der Waals surface area contributed by atoms with E-state index in [2.05, 4.69) is 0 Å². The van der Waals surface area contributed by atoms with E-state index in [0.717, 1.165) is 6.42 Å². The molecule has 0 aromatic rings. The lowest BCUT2D eigenvalue weighted by atomic mass is 9.86. The summed E-state index contributed by atoms with van der Waals surface area (Å²) in [4.78, 5) is 38.8. The lowest BCUT2D eigenvalue weighted by Crippen LogP contribution is -2.34. The summed E-state index contributed by atoms with van der Waals surface area (Å²) in [6, 6.07) is 0. The van der Waals surface area contributed by atoms with E-state index in [9.17, 15) is 14.4 Å². The van der Waals surface area contributed by atoms with Crippen molar-refractivity contribution in [3.63, 3.8) is 0 Å². The fourth-order valence-electron chi connectivity index (χ4n) is 1.46. The number of rotatable bonds is 4. The maximum atomic E-state index is 11.5. The van der Waals surface area contributed by atoms with Crippen molar-refractivity contribution in [1.29, 1.82) is 0 Å². The maximum absolute atomic E-state index is 11.5. The Bertz CT molecular complexity index is 318. The molecule has 16 heavy (non-hydrogen) atoms. The van der Waals surface area contributed by atoms with E-state index in [1.165, 1.54) is 0 Å². The molecule has 2 amide bonds. The van der Waals surface area contributed by atoms with Crippen LogP contribution in [0, 0.1) is 5.92 Å². The molecule has 0 aliphatic carbocycles. The summed E-state index contributed by atoms with van der Waals surface area (Å²) < 4.78 is 0. The Kier molecular flexibility index (Phi) is 4.09. The van der Waals surface area contributed by atoms with E-state index in [1.807, 2.05) is 6.92 Å². The largest absolute Gasteiger partial charge is 0.335 e. The molecule has 1 aliphatic rings. The Morgan fingerprint density at radius 3 is 2.69 bits per heavy atom. The molecule has 2 radical (unpaired) electrons. The normalized spacial score (nSPS) is 22.4. The molecule has 86 valence electrons. The second kappa shape index (κ2) is 5.14. The van der Waals surface area contributed by atoms with Crippen molar-refractivity contribution in [1.82, 2.24) is 5.06 Å². The number of hydrogen-bond donors (Lipinski definition) is 0. The van der Waals surface area contributed by atoms with Crippen LogP contribution in [-0.4, -0.2) is 30.7 Å². The molecule has 0 aromatic heterocycles. The first-order valence-electron chi connectivity index (χ1n) is 5.31. The van der Waals surface area contributed by atoms with E-state index in [-0.39, 0.29) is 12.3 Å². The Labute approximate surface area is 95.5 Å². The van der Waals surface area contributed by atoms with Gasteiger partial charge in [-0.25, -0.2) is 4.79 Å². The summed E-state index contributed by atoms with van der Waals surface area (Å²) >= 11 is 0. The highest BCUT2D eigenvalue weighted by molar-refractivity contribution is 6.29. The van der Waals surface area contributed by atoms with Crippen LogP contribution in [-0.2, 0) is 19.2 Å². The number of carbonyl (C=O) groups is 3. The summed E-state index contributed by atoms with van der Waals surface area (Å²) in [5.74, 6) is -3.00. The smallest absolute Gasteiger partial charge is 0.330 e. The first-order chi connectivity index (χ1) is 7.47. The number of hydroxylamine groups is 2. The fourth-order valence-corrected chi connectivity index (χ4v) is 1.46. The minimum atomic E-state index is -0.887. The molecule has 6 heteroatoms. The Morgan fingerprint density at radius 1 is 1.62 bits per heavy atom. The molecular weight excluding hydrogens is 209 g/mol. The molecule has 1 heterocycles. The molecule has 1 rings (SSSR count). The highest BCUT2D eigenvalue weighted by Gasteiger charge is 2.38. The van der Waals surface area contributed by atoms with Crippen LogP contribution in [0.25, 0.3) is 0 Å². The van der Waals surface area contributed by atoms with Crippen molar-refractivity contribution >= 4 is 25.6 Å². The van der Waals surface area contributed by atoms with Gasteiger partial charge in [0, 0.05) is 12.2 Å². The number of hydrogen-bond acceptors (Lipinski definition) is 4. The number of imide groups is 1. The topological polar surface area (TPSA) is 63.7 Å². The van der Waals surface area contributed by atoms with E-state index in [4.69, 9.17) is 12.7 Å². The molecule has 1 saturated heterocycles. The summed E-state index contributed by atoms with van der Waals surface area (Å²) in [7, 11) is 5.37. The van der Waals surface area contributed by atoms with Crippen molar-refractivity contribution in [2.24, 2.45) is 5.92 Å². The van der Waals surface area contributed by atoms with Crippen LogP contribution in [0.3, 0.4) is 0 Å². The van der Waals surface area contributed by atoms with Crippen LogP contribution in [0.15, 0.2) is 0 Å². The summed E-state index contributed by atoms with van der Waals surface area (Å²) in [5.41, 5.74) is 0. The monoisotopic (exact) mass is 223 g/mol. The number of amides is 2. The molecule has 0 spiro atoms. The van der Waals surface area contributed by atoms with Crippen molar-refractivity contribution in [2.45, 2.75) is 38.9 Å². The maximum Gasteiger partial charge on any atom is 0.335 e. The third-order valence-corrected chi connectivity index (χ3v) is 2.44. The van der Waals surface area contributed by atoms with Crippen molar-refractivity contribution < 1.29 is 19.2 Å². The molecule has 0 bridgehead atoms. The van der Waals surface area contributed by atoms with Gasteiger partial charge < -0.3 is 4.84 Å². The average Bonchev–Trinajstić information content (AvgIpc) is 2.45. The van der Waals surface area contributed by atoms with Gasteiger partial charge in [-0.3, -0.25) is 9.59 Å². The number of nitrogens with zero attached hydrogens (tertiary/aromatic N) is 1. The minimum absolute atomic E-state index is 0.103. The molecule has 2 unspecified atom stereocenters. The quantitative estimate of drug-likeness (QED) is 0.517. The Hall–Kier alpha value is -1.33. The second-order valence-electron chi connectivity index (χ2n) is 3.94. The van der Waals surface area contributed by atoms with E-state index < -0.39 is 23.6 Å². The van der Waals surface area contributed by atoms with Gasteiger partial charge >= 0.3 is 5.97 Å². The zero-order chi connectivity index (χ0) is 12.3. The van der Waals surface area contributed by atoms with Crippen LogP contribution in [0.1, 0.15) is 33.1 Å². The van der Waals surface area contributed by atoms with Gasteiger partial charge in [-0.15, -0.1) is 5.06 Å². The first-order valence-corrected chi connectivity index (χ1v) is 5.31. The van der Waals surface area contributed by atoms with Gasteiger partial charge in [0.05, 0.1) is 13.8 Å². The standard InChI is InChI=1S/C10H14BNO4/c1-3-4-6(2)10(15)16-12-8(13)5-7(11)9(12)14/h6-7H,3-5H2,1-2H3. The van der Waals surface area contributed by atoms with Gasteiger partial charge in [0.25, 0.3) is 11.8 Å².